The van der Waals surface area contributed by atoms with Gasteiger partial charge in [0, 0.05) is 32.9 Å². The average molecular weight is 459 g/mol. The van der Waals surface area contributed by atoms with Crippen molar-refractivity contribution in [1.82, 2.24) is 9.13 Å². The minimum Gasteiger partial charge on any atom is -0.307 e. The quantitative estimate of drug-likeness (QED) is 0.244. The Balaban J connectivity index is 1.64. The summed E-state index contributed by atoms with van der Waals surface area (Å²) >= 11 is 0. The summed E-state index contributed by atoms with van der Waals surface area (Å²) in [6.45, 7) is 0. The fourth-order valence-electron chi connectivity index (χ4n) is 5.93. The molecule has 2 heterocycles. The lowest BCUT2D eigenvalue weighted by molar-refractivity contribution is 1.15. The first kappa shape index (κ1) is 19.5. The topological polar surface area (TPSA) is 9.86 Å². The highest BCUT2D eigenvalue weighted by atomic mass is 15.0. The van der Waals surface area contributed by atoms with Crippen LogP contribution in [-0.4, -0.2) is 9.13 Å². The van der Waals surface area contributed by atoms with Gasteiger partial charge in [0.15, 0.2) is 0 Å². The fraction of sp³-hybridized carbons (Fsp3) is 0. The van der Waals surface area contributed by atoms with Gasteiger partial charge in [0.2, 0.25) is 0 Å². The van der Waals surface area contributed by atoms with Gasteiger partial charge < -0.3 is 9.13 Å². The van der Waals surface area contributed by atoms with Crippen LogP contribution in [0.5, 0.6) is 0 Å². The van der Waals surface area contributed by atoms with E-state index in [0.717, 1.165) is 0 Å². The van der Waals surface area contributed by atoms with E-state index in [1.807, 2.05) is 0 Å². The molecule has 0 aliphatic rings. The highest BCUT2D eigenvalue weighted by Gasteiger charge is 2.20. The molecule has 0 radical (unpaired) electrons. The predicted molar refractivity (Wildman–Crippen MR) is 153 cm³/mol. The van der Waals surface area contributed by atoms with E-state index in [4.69, 9.17) is 0 Å². The monoisotopic (exact) mass is 458 g/mol. The number of hydrogen-bond acceptors (Lipinski definition) is 0. The number of para-hydroxylation sites is 3. The van der Waals surface area contributed by atoms with Crippen LogP contribution in [0.25, 0.3) is 65.8 Å². The number of rotatable bonds is 2. The summed E-state index contributed by atoms with van der Waals surface area (Å²) in [4.78, 5) is 0. The molecule has 2 nitrogen and oxygen atoms in total. The smallest absolute Gasteiger partial charge is 0.0788 e. The van der Waals surface area contributed by atoms with Gasteiger partial charge in [-0.25, -0.2) is 0 Å². The van der Waals surface area contributed by atoms with Gasteiger partial charge >= 0.3 is 0 Å². The summed E-state index contributed by atoms with van der Waals surface area (Å²) < 4.78 is 4.89. The van der Waals surface area contributed by atoms with E-state index < -0.39 is 0 Å². The molecule has 0 aliphatic carbocycles. The first-order chi connectivity index (χ1) is 17.9. The van der Waals surface area contributed by atoms with Crippen molar-refractivity contribution in [3.8, 4) is 11.4 Å². The Bertz CT molecular complexity index is 2090. The van der Waals surface area contributed by atoms with E-state index >= 15 is 0 Å². The van der Waals surface area contributed by atoms with Crippen molar-refractivity contribution in [2.24, 2.45) is 0 Å². The molecule has 0 N–H and O–H groups in total. The molecule has 0 amide bonds. The minimum atomic E-state index is 1.17. The zero-order valence-electron chi connectivity index (χ0n) is 19.6. The second-order valence-electron chi connectivity index (χ2n) is 9.43. The van der Waals surface area contributed by atoms with Gasteiger partial charge in [-0.3, -0.25) is 0 Å². The zero-order valence-corrected chi connectivity index (χ0v) is 19.6. The van der Waals surface area contributed by atoms with Crippen LogP contribution in [0.3, 0.4) is 0 Å². The van der Waals surface area contributed by atoms with E-state index in [0.29, 0.717) is 0 Å². The van der Waals surface area contributed by atoms with Crippen LogP contribution < -0.4 is 0 Å². The van der Waals surface area contributed by atoms with Crippen molar-refractivity contribution >= 4 is 54.4 Å². The lowest BCUT2D eigenvalue weighted by atomic mass is 10.1. The molecular weight excluding hydrogens is 436 g/mol. The van der Waals surface area contributed by atoms with Gasteiger partial charge in [0.1, 0.15) is 0 Å². The highest BCUT2D eigenvalue weighted by molar-refractivity contribution is 6.23. The van der Waals surface area contributed by atoms with Gasteiger partial charge in [-0.05, 0) is 47.2 Å². The lowest BCUT2D eigenvalue weighted by Gasteiger charge is -2.13. The van der Waals surface area contributed by atoms with Crippen molar-refractivity contribution in [2.75, 3.05) is 0 Å². The van der Waals surface area contributed by atoms with Crippen molar-refractivity contribution in [1.29, 1.82) is 0 Å². The normalized spacial score (nSPS) is 11.9. The lowest BCUT2D eigenvalue weighted by Crippen LogP contribution is -1.98. The maximum absolute atomic E-state index is 2.46. The van der Waals surface area contributed by atoms with E-state index in [-0.39, 0.29) is 0 Å². The summed E-state index contributed by atoms with van der Waals surface area (Å²) in [5.74, 6) is 0. The Kier molecular flexibility index (Phi) is 3.97. The Morgan fingerprint density at radius 1 is 0.333 bits per heavy atom. The molecule has 0 aliphatic heterocycles. The molecule has 0 bridgehead atoms. The average Bonchev–Trinajstić information content (AvgIpc) is 3.46. The molecular formula is C34H22N2. The summed E-state index contributed by atoms with van der Waals surface area (Å²) in [6.07, 6.45) is 0. The Morgan fingerprint density at radius 3 is 1.53 bits per heavy atom. The maximum atomic E-state index is 2.46. The molecule has 168 valence electrons. The number of benzene rings is 6. The third-order valence-corrected chi connectivity index (χ3v) is 7.47. The van der Waals surface area contributed by atoms with E-state index in [1.165, 1.54) is 65.8 Å². The molecule has 2 heteroatoms. The Labute approximate surface area is 208 Å². The maximum Gasteiger partial charge on any atom is 0.0788 e. The Hall–Kier alpha value is -4.82. The molecule has 8 rings (SSSR count). The van der Waals surface area contributed by atoms with E-state index in [9.17, 15) is 0 Å². The van der Waals surface area contributed by atoms with Crippen LogP contribution in [0.4, 0.5) is 0 Å². The standard InChI is InChI=1S/C34H22N2/c1-2-12-25(13-3-1)35-31-16-8-6-14-27(31)29-20-21-30-28-15-7-9-17-32(28)36(34(30)33(29)35)26-19-18-23-10-4-5-11-24(23)22-26/h1-22H. The molecule has 2 aromatic heterocycles. The summed E-state index contributed by atoms with van der Waals surface area (Å²) in [7, 11) is 0. The SMILES string of the molecule is c1ccc(-n2c3ccccc3c3ccc4c5ccccc5n(-c5ccc6ccccc6c5)c4c32)cc1. The fourth-order valence-corrected chi connectivity index (χ4v) is 5.93. The minimum absolute atomic E-state index is 1.17. The van der Waals surface area contributed by atoms with Crippen molar-refractivity contribution in [2.45, 2.75) is 0 Å². The second kappa shape index (κ2) is 7.34. The molecule has 0 atom stereocenters. The third kappa shape index (κ3) is 2.61. The number of aromatic nitrogens is 2. The van der Waals surface area contributed by atoms with Gasteiger partial charge in [-0.1, -0.05) is 97.1 Å². The van der Waals surface area contributed by atoms with Crippen LogP contribution in [0, 0.1) is 0 Å². The molecule has 36 heavy (non-hydrogen) atoms. The highest BCUT2D eigenvalue weighted by Crippen LogP contribution is 2.41. The zero-order chi connectivity index (χ0) is 23.6. The second-order valence-corrected chi connectivity index (χ2v) is 9.43. The largest absolute Gasteiger partial charge is 0.307 e. The van der Waals surface area contributed by atoms with E-state index in [2.05, 4.69) is 143 Å². The molecule has 0 spiro atoms. The molecule has 0 saturated heterocycles. The van der Waals surface area contributed by atoms with Gasteiger partial charge in [-0.2, -0.15) is 0 Å². The Morgan fingerprint density at radius 2 is 0.861 bits per heavy atom. The van der Waals surface area contributed by atoms with Crippen LogP contribution in [0.1, 0.15) is 0 Å². The van der Waals surface area contributed by atoms with E-state index in [1.54, 1.807) is 0 Å². The predicted octanol–water partition coefficient (Wildman–Crippen LogP) is 9.03. The van der Waals surface area contributed by atoms with Crippen LogP contribution in [-0.2, 0) is 0 Å². The molecule has 8 aromatic rings. The summed E-state index contributed by atoms with van der Waals surface area (Å²) in [6, 6.07) is 48.2. The van der Waals surface area contributed by atoms with Gasteiger partial charge in [0.05, 0.1) is 22.1 Å². The first-order valence-electron chi connectivity index (χ1n) is 12.4. The van der Waals surface area contributed by atoms with Crippen LogP contribution in [0.2, 0.25) is 0 Å². The summed E-state index contributed by atoms with van der Waals surface area (Å²) in [5.41, 5.74) is 7.28. The number of fused-ring (bicyclic) bond motifs is 8. The number of hydrogen-bond donors (Lipinski definition) is 0. The van der Waals surface area contributed by atoms with Crippen molar-refractivity contribution in [3.63, 3.8) is 0 Å². The third-order valence-electron chi connectivity index (χ3n) is 7.47. The molecule has 6 aromatic carbocycles. The van der Waals surface area contributed by atoms with Crippen LogP contribution in [0.15, 0.2) is 133 Å². The van der Waals surface area contributed by atoms with Gasteiger partial charge in [-0.15, -0.1) is 0 Å². The molecule has 0 unspecified atom stereocenters. The number of nitrogens with zero attached hydrogens (tertiary/aromatic N) is 2. The summed E-state index contributed by atoms with van der Waals surface area (Å²) in [5, 5.41) is 7.58. The van der Waals surface area contributed by atoms with Crippen molar-refractivity contribution < 1.29 is 0 Å². The van der Waals surface area contributed by atoms with Crippen LogP contribution >= 0.6 is 0 Å². The van der Waals surface area contributed by atoms with Gasteiger partial charge in [0.25, 0.3) is 0 Å². The molecule has 0 saturated carbocycles. The van der Waals surface area contributed by atoms with Crippen molar-refractivity contribution in [3.05, 3.63) is 133 Å². The molecule has 0 fully saturated rings. The first-order valence-corrected chi connectivity index (χ1v) is 12.4.